The lowest BCUT2D eigenvalue weighted by atomic mass is 9.87. The minimum Gasteiger partial charge on any atom is -0.300 e. The van der Waals surface area contributed by atoms with Crippen molar-refractivity contribution in [2.75, 3.05) is 38.5 Å². The molecule has 2 saturated carbocycles. The van der Waals surface area contributed by atoms with Crippen LogP contribution in [0, 0.1) is 5.41 Å². The molecule has 0 atom stereocenters. The normalized spacial score (nSPS) is 30.2. The van der Waals surface area contributed by atoms with E-state index in [0.29, 0.717) is 5.41 Å². The maximum atomic E-state index is 4.65. The fraction of sp³-hybridized carbons (Fsp3) is 1.00. The molecule has 2 aliphatic carbocycles. The molecule has 0 aromatic carbocycles. The summed E-state index contributed by atoms with van der Waals surface area (Å²) < 4.78 is 0. The number of rotatable bonds is 4. The molecule has 0 N–H and O–H groups in total. The fourth-order valence-electron chi connectivity index (χ4n) is 4.52. The second-order valence-electron chi connectivity index (χ2n) is 7.12. The van der Waals surface area contributed by atoms with Crippen molar-refractivity contribution in [3.05, 3.63) is 0 Å². The molecular formula is C16H30N2S. The van der Waals surface area contributed by atoms with Gasteiger partial charge < -0.3 is 4.90 Å². The first-order chi connectivity index (χ1) is 9.31. The summed E-state index contributed by atoms with van der Waals surface area (Å²) in [5.74, 6) is 1.09. The molecule has 1 saturated heterocycles. The largest absolute Gasteiger partial charge is 0.300 e. The van der Waals surface area contributed by atoms with Crippen molar-refractivity contribution in [1.29, 1.82) is 0 Å². The molecule has 1 aliphatic heterocycles. The van der Waals surface area contributed by atoms with Crippen LogP contribution in [0.1, 0.15) is 51.4 Å². The van der Waals surface area contributed by atoms with E-state index in [9.17, 15) is 0 Å². The zero-order valence-corrected chi connectivity index (χ0v) is 13.2. The maximum Gasteiger partial charge on any atom is 0.0113 e. The van der Waals surface area contributed by atoms with E-state index in [1.165, 1.54) is 84.1 Å². The third-order valence-electron chi connectivity index (χ3n) is 5.81. The van der Waals surface area contributed by atoms with Gasteiger partial charge in [-0.05, 0) is 36.9 Å². The quantitative estimate of drug-likeness (QED) is 0.792. The Kier molecular flexibility index (Phi) is 4.76. The summed E-state index contributed by atoms with van der Waals surface area (Å²) in [6.07, 6.45) is 11.5. The first-order valence-corrected chi connectivity index (χ1v) is 9.02. The highest BCUT2D eigenvalue weighted by Crippen LogP contribution is 2.40. The SMILES string of the molecule is SCC1(CN2CCN(C3CCCC3)CC2)CCCC1. The van der Waals surface area contributed by atoms with Gasteiger partial charge >= 0.3 is 0 Å². The summed E-state index contributed by atoms with van der Waals surface area (Å²) in [7, 11) is 0. The van der Waals surface area contributed by atoms with E-state index in [0.717, 1.165) is 11.8 Å². The summed E-state index contributed by atoms with van der Waals surface area (Å²) in [6, 6.07) is 0.924. The zero-order valence-electron chi connectivity index (χ0n) is 12.3. The summed E-state index contributed by atoms with van der Waals surface area (Å²) in [6.45, 7) is 6.54. The Hall–Kier alpha value is 0.270. The van der Waals surface area contributed by atoms with Crippen LogP contribution in [0.3, 0.4) is 0 Å². The first-order valence-electron chi connectivity index (χ1n) is 8.39. The van der Waals surface area contributed by atoms with Crippen LogP contribution in [0.15, 0.2) is 0 Å². The average Bonchev–Trinajstić information content (AvgIpc) is 3.11. The first kappa shape index (κ1) is 14.2. The molecule has 110 valence electrons. The molecule has 0 radical (unpaired) electrons. The number of piperazine rings is 1. The van der Waals surface area contributed by atoms with Crippen molar-refractivity contribution in [1.82, 2.24) is 9.80 Å². The van der Waals surface area contributed by atoms with Crippen molar-refractivity contribution >= 4 is 12.6 Å². The summed E-state index contributed by atoms with van der Waals surface area (Å²) in [4.78, 5) is 5.50. The minimum atomic E-state index is 0.554. The molecule has 0 bridgehead atoms. The Labute approximate surface area is 124 Å². The van der Waals surface area contributed by atoms with Gasteiger partial charge in [-0.2, -0.15) is 12.6 Å². The highest BCUT2D eigenvalue weighted by atomic mass is 32.1. The Balaban J connectivity index is 1.47. The van der Waals surface area contributed by atoms with Gasteiger partial charge in [-0.25, -0.2) is 0 Å². The monoisotopic (exact) mass is 282 g/mol. The molecule has 19 heavy (non-hydrogen) atoms. The third-order valence-corrected chi connectivity index (χ3v) is 6.48. The number of thiol groups is 1. The molecule has 0 spiro atoms. The van der Waals surface area contributed by atoms with E-state index in [2.05, 4.69) is 22.4 Å². The highest BCUT2D eigenvalue weighted by molar-refractivity contribution is 7.80. The molecule has 0 aromatic rings. The molecule has 3 rings (SSSR count). The average molecular weight is 282 g/mol. The van der Waals surface area contributed by atoms with Gasteiger partial charge in [0.05, 0.1) is 0 Å². The summed E-state index contributed by atoms with van der Waals surface area (Å²) in [5, 5.41) is 0. The van der Waals surface area contributed by atoms with E-state index >= 15 is 0 Å². The summed E-state index contributed by atoms with van der Waals surface area (Å²) in [5.41, 5.74) is 0.554. The third kappa shape index (κ3) is 3.30. The smallest absolute Gasteiger partial charge is 0.0113 e. The van der Waals surface area contributed by atoms with Gasteiger partial charge in [0.25, 0.3) is 0 Å². The lowest BCUT2D eigenvalue weighted by molar-refractivity contribution is 0.0714. The number of hydrogen-bond acceptors (Lipinski definition) is 3. The highest BCUT2D eigenvalue weighted by Gasteiger charge is 2.35. The van der Waals surface area contributed by atoms with E-state index in [1.807, 2.05) is 0 Å². The van der Waals surface area contributed by atoms with E-state index in [-0.39, 0.29) is 0 Å². The summed E-state index contributed by atoms with van der Waals surface area (Å²) >= 11 is 4.65. The molecule has 0 aromatic heterocycles. The van der Waals surface area contributed by atoms with Gasteiger partial charge in [0.2, 0.25) is 0 Å². The molecule has 3 heteroatoms. The van der Waals surface area contributed by atoms with Crippen LogP contribution in [0.2, 0.25) is 0 Å². The van der Waals surface area contributed by atoms with Crippen LogP contribution >= 0.6 is 12.6 Å². The van der Waals surface area contributed by atoms with Crippen LogP contribution < -0.4 is 0 Å². The predicted octanol–water partition coefficient (Wildman–Crippen LogP) is 3.04. The van der Waals surface area contributed by atoms with Crippen molar-refractivity contribution in [3.63, 3.8) is 0 Å². The molecular weight excluding hydrogens is 252 g/mol. The van der Waals surface area contributed by atoms with Gasteiger partial charge in [-0.1, -0.05) is 25.7 Å². The predicted molar refractivity (Wildman–Crippen MR) is 85.0 cm³/mol. The van der Waals surface area contributed by atoms with E-state index in [4.69, 9.17) is 0 Å². The second kappa shape index (κ2) is 6.36. The van der Waals surface area contributed by atoms with Gasteiger partial charge in [0.15, 0.2) is 0 Å². The minimum absolute atomic E-state index is 0.554. The van der Waals surface area contributed by atoms with Gasteiger partial charge in [-0.3, -0.25) is 4.90 Å². The van der Waals surface area contributed by atoms with Crippen LogP contribution in [-0.4, -0.2) is 54.3 Å². The van der Waals surface area contributed by atoms with Crippen molar-refractivity contribution < 1.29 is 0 Å². The zero-order chi connectivity index (χ0) is 13.1. The molecule has 0 amide bonds. The Morgan fingerprint density at radius 2 is 1.53 bits per heavy atom. The van der Waals surface area contributed by atoms with Crippen LogP contribution in [-0.2, 0) is 0 Å². The van der Waals surface area contributed by atoms with Crippen molar-refractivity contribution in [2.24, 2.45) is 5.41 Å². The van der Waals surface area contributed by atoms with Crippen LogP contribution in [0.25, 0.3) is 0 Å². The second-order valence-corrected chi connectivity index (χ2v) is 7.43. The topological polar surface area (TPSA) is 6.48 Å². The van der Waals surface area contributed by atoms with Crippen LogP contribution in [0.5, 0.6) is 0 Å². The van der Waals surface area contributed by atoms with Crippen molar-refractivity contribution in [3.8, 4) is 0 Å². The van der Waals surface area contributed by atoms with Gasteiger partial charge in [0.1, 0.15) is 0 Å². The molecule has 0 unspecified atom stereocenters. The number of nitrogens with zero attached hydrogens (tertiary/aromatic N) is 2. The van der Waals surface area contributed by atoms with Gasteiger partial charge in [0, 0.05) is 38.8 Å². The Morgan fingerprint density at radius 3 is 2.11 bits per heavy atom. The fourth-order valence-corrected chi connectivity index (χ4v) is 4.94. The number of hydrogen-bond donors (Lipinski definition) is 1. The Morgan fingerprint density at radius 1 is 0.895 bits per heavy atom. The lowest BCUT2D eigenvalue weighted by Crippen LogP contribution is -2.52. The molecule has 2 nitrogen and oxygen atoms in total. The Bertz CT molecular complexity index is 274. The lowest BCUT2D eigenvalue weighted by Gasteiger charge is -2.41. The standard InChI is InChI=1S/C16H30N2S/c19-14-16(7-3-4-8-16)13-17-9-11-18(12-10-17)15-5-1-2-6-15/h15,19H,1-14H2. The van der Waals surface area contributed by atoms with E-state index < -0.39 is 0 Å². The molecule has 3 fully saturated rings. The maximum absolute atomic E-state index is 4.65. The molecule has 1 heterocycles. The molecule has 3 aliphatic rings. The van der Waals surface area contributed by atoms with Crippen molar-refractivity contribution in [2.45, 2.75) is 57.4 Å². The van der Waals surface area contributed by atoms with E-state index in [1.54, 1.807) is 0 Å². The van der Waals surface area contributed by atoms with Crippen LogP contribution in [0.4, 0.5) is 0 Å². The van der Waals surface area contributed by atoms with Gasteiger partial charge in [-0.15, -0.1) is 0 Å².